The monoisotopic (exact) mass is 304 g/mol. The molecule has 2 aromatic carbocycles. The molecule has 1 aliphatic rings. The van der Waals surface area contributed by atoms with Gasteiger partial charge in [0.15, 0.2) is 0 Å². The molecule has 5 heteroatoms. The van der Waals surface area contributed by atoms with Crippen molar-refractivity contribution in [2.45, 2.75) is 6.61 Å². The number of hydrogen-bond donors (Lipinski definition) is 1. The van der Waals surface area contributed by atoms with E-state index in [1.807, 2.05) is 42.5 Å². The van der Waals surface area contributed by atoms with Gasteiger partial charge in [0.05, 0.1) is 16.7 Å². The first-order chi connectivity index (χ1) is 9.63. The van der Waals surface area contributed by atoms with Crippen LogP contribution >= 0.6 is 23.2 Å². The van der Waals surface area contributed by atoms with Crippen molar-refractivity contribution in [1.29, 1.82) is 0 Å². The standard InChI is InChI=1S/C15H11BCl2O2/c17-14-6-4-11(8-15(14)18)2-1-10-3-5-13-12(7-10)9-20-16(13)19/h1-8,19H,9H2. The predicted molar refractivity (Wildman–Crippen MR) is 84.2 cm³/mol. The summed E-state index contributed by atoms with van der Waals surface area (Å²) in [4.78, 5) is 0. The molecular weight excluding hydrogens is 294 g/mol. The largest absolute Gasteiger partial charge is 0.491 e. The van der Waals surface area contributed by atoms with Crippen molar-refractivity contribution in [2.24, 2.45) is 0 Å². The highest BCUT2D eigenvalue weighted by Crippen LogP contribution is 2.23. The molecule has 0 aromatic heterocycles. The van der Waals surface area contributed by atoms with Crippen LogP contribution in [-0.4, -0.2) is 12.1 Å². The van der Waals surface area contributed by atoms with E-state index in [4.69, 9.17) is 27.9 Å². The summed E-state index contributed by atoms with van der Waals surface area (Å²) in [5, 5.41) is 10.7. The Hall–Kier alpha value is -1.26. The van der Waals surface area contributed by atoms with Crippen LogP contribution in [0.15, 0.2) is 36.4 Å². The van der Waals surface area contributed by atoms with Crippen molar-refractivity contribution in [2.75, 3.05) is 0 Å². The van der Waals surface area contributed by atoms with Gasteiger partial charge in [0, 0.05) is 0 Å². The highest BCUT2D eigenvalue weighted by Gasteiger charge is 2.26. The number of fused-ring (bicyclic) bond motifs is 1. The zero-order chi connectivity index (χ0) is 14.1. The molecule has 0 radical (unpaired) electrons. The SMILES string of the molecule is OB1OCc2cc(C=Cc3ccc(Cl)c(Cl)c3)ccc21. The highest BCUT2D eigenvalue weighted by atomic mass is 35.5. The molecule has 0 saturated carbocycles. The van der Waals surface area contributed by atoms with Crippen LogP contribution < -0.4 is 5.46 Å². The molecule has 2 nitrogen and oxygen atoms in total. The number of hydrogen-bond acceptors (Lipinski definition) is 2. The second-order valence-electron chi connectivity index (χ2n) is 4.63. The van der Waals surface area contributed by atoms with Gasteiger partial charge < -0.3 is 9.68 Å². The fourth-order valence-corrected chi connectivity index (χ4v) is 2.47. The Balaban J connectivity index is 1.84. The van der Waals surface area contributed by atoms with Crippen LogP contribution in [0.4, 0.5) is 0 Å². The average Bonchev–Trinajstić information content (AvgIpc) is 2.81. The van der Waals surface area contributed by atoms with Gasteiger partial charge in [0.2, 0.25) is 0 Å². The van der Waals surface area contributed by atoms with Gasteiger partial charge in [-0.2, -0.15) is 0 Å². The third-order valence-corrected chi connectivity index (χ3v) is 3.98. The summed E-state index contributed by atoms with van der Waals surface area (Å²) >= 11 is 11.9. The van der Waals surface area contributed by atoms with E-state index >= 15 is 0 Å². The quantitative estimate of drug-likeness (QED) is 0.681. The molecule has 1 aliphatic heterocycles. The Bertz CT molecular complexity index is 686. The summed E-state index contributed by atoms with van der Waals surface area (Å²) in [5.74, 6) is 0. The summed E-state index contributed by atoms with van der Waals surface area (Å²) in [6, 6.07) is 11.4. The van der Waals surface area contributed by atoms with Crippen LogP contribution in [0.1, 0.15) is 16.7 Å². The predicted octanol–water partition coefficient (Wildman–Crippen LogP) is 3.38. The van der Waals surface area contributed by atoms with E-state index in [1.54, 1.807) is 6.07 Å². The van der Waals surface area contributed by atoms with E-state index in [9.17, 15) is 5.02 Å². The smallest absolute Gasteiger partial charge is 0.423 e. The molecule has 0 bridgehead atoms. The second-order valence-corrected chi connectivity index (χ2v) is 5.44. The Morgan fingerprint density at radius 3 is 2.45 bits per heavy atom. The van der Waals surface area contributed by atoms with Crippen LogP contribution in [0.25, 0.3) is 12.2 Å². The Kier molecular flexibility index (Phi) is 3.86. The van der Waals surface area contributed by atoms with Crippen molar-refractivity contribution in [3.8, 4) is 0 Å². The topological polar surface area (TPSA) is 29.5 Å². The summed E-state index contributed by atoms with van der Waals surface area (Å²) in [5.41, 5.74) is 3.90. The van der Waals surface area contributed by atoms with Crippen LogP contribution in [0.5, 0.6) is 0 Å². The first-order valence-electron chi connectivity index (χ1n) is 6.19. The lowest BCUT2D eigenvalue weighted by atomic mass is 9.79. The van der Waals surface area contributed by atoms with Gasteiger partial charge in [-0.15, -0.1) is 0 Å². The van der Waals surface area contributed by atoms with E-state index in [1.165, 1.54) is 0 Å². The van der Waals surface area contributed by atoms with Crippen LogP contribution in [0.2, 0.25) is 10.0 Å². The van der Waals surface area contributed by atoms with Gasteiger partial charge in [0.25, 0.3) is 0 Å². The molecule has 0 atom stereocenters. The summed E-state index contributed by atoms with van der Waals surface area (Å²) in [7, 11) is -0.793. The zero-order valence-corrected chi connectivity index (χ0v) is 12.0. The van der Waals surface area contributed by atoms with E-state index in [-0.39, 0.29) is 0 Å². The summed E-state index contributed by atoms with van der Waals surface area (Å²) < 4.78 is 5.17. The highest BCUT2D eigenvalue weighted by molar-refractivity contribution is 6.61. The minimum absolute atomic E-state index is 0.449. The van der Waals surface area contributed by atoms with Crippen molar-refractivity contribution in [1.82, 2.24) is 0 Å². The van der Waals surface area contributed by atoms with Gasteiger partial charge in [0.1, 0.15) is 0 Å². The third-order valence-electron chi connectivity index (χ3n) is 3.24. The first-order valence-corrected chi connectivity index (χ1v) is 6.95. The molecule has 0 saturated heterocycles. The first kappa shape index (κ1) is 13.7. The van der Waals surface area contributed by atoms with Gasteiger partial charge in [-0.25, -0.2) is 0 Å². The van der Waals surface area contributed by atoms with Crippen molar-refractivity contribution in [3.05, 3.63) is 63.1 Å². The molecule has 1 N–H and O–H groups in total. The Morgan fingerprint density at radius 1 is 1.00 bits per heavy atom. The fourth-order valence-electron chi connectivity index (χ4n) is 2.16. The van der Waals surface area contributed by atoms with Crippen molar-refractivity contribution < 1.29 is 9.68 Å². The van der Waals surface area contributed by atoms with E-state index in [2.05, 4.69) is 0 Å². The minimum atomic E-state index is -0.793. The fraction of sp³-hybridized carbons (Fsp3) is 0.0667. The lowest BCUT2D eigenvalue weighted by molar-refractivity contribution is 0.275. The van der Waals surface area contributed by atoms with Crippen LogP contribution in [-0.2, 0) is 11.3 Å². The van der Waals surface area contributed by atoms with Gasteiger partial charge in [-0.3, -0.25) is 0 Å². The van der Waals surface area contributed by atoms with Gasteiger partial charge in [-0.1, -0.05) is 53.6 Å². The number of benzene rings is 2. The van der Waals surface area contributed by atoms with E-state index in [0.29, 0.717) is 16.7 Å². The molecule has 0 amide bonds. The molecule has 1 heterocycles. The Morgan fingerprint density at radius 2 is 1.70 bits per heavy atom. The molecule has 20 heavy (non-hydrogen) atoms. The third kappa shape index (κ3) is 2.77. The molecule has 0 unspecified atom stereocenters. The lowest BCUT2D eigenvalue weighted by Crippen LogP contribution is -2.27. The van der Waals surface area contributed by atoms with Crippen LogP contribution in [0, 0.1) is 0 Å². The molecule has 2 aromatic rings. The van der Waals surface area contributed by atoms with Crippen molar-refractivity contribution in [3.63, 3.8) is 0 Å². The molecule has 3 rings (SSSR count). The molecule has 0 fully saturated rings. The lowest BCUT2D eigenvalue weighted by Gasteiger charge is -2.01. The number of rotatable bonds is 2. The molecule has 100 valence electrons. The van der Waals surface area contributed by atoms with Crippen molar-refractivity contribution >= 4 is 47.9 Å². The van der Waals surface area contributed by atoms with Gasteiger partial charge in [-0.05, 0) is 40.4 Å². The Labute approximate surface area is 127 Å². The molecule has 0 aliphatic carbocycles. The maximum Gasteiger partial charge on any atom is 0.491 e. The normalized spacial score (nSPS) is 14.1. The average molecular weight is 305 g/mol. The summed E-state index contributed by atoms with van der Waals surface area (Å²) in [6.45, 7) is 0.449. The number of halogens is 2. The van der Waals surface area contributed by atoms with Crippen LogP contribution in [0.3, 0.4) is 0 Å². The maximum absolute atomic E-state index is 9.57. The van der Waals surface area contributed by atoms with E-state index < -0.39 is 7.12 Å². The van der Waals surface area contributed by atoms with Gasteiger partial charge >= 0.3 is 7.12 Å². The molecule has 0 spiro atoms. The maximum atomic E-state index is 9.57. The summed E-state index contributed by atoms with van der Waals surface area (Å²) in [6.07, 6.45) is 3.96. The zero-order valence-electron chi connectivity index (χ0n) is 10.5. The van der Waals surface area contributed by atoms with E-state index in [0.717, 1.165) is 22.2 Å². The minimum Gasteiger partial charge on any atom is -0.423 e. The molecular formula is C15H11BCl2O2. The second kappa shape index (κ2) is 5.62.